The summed E-state index contributed by atoms with van der Waals surface area (Å²) in [4.78, 5) is 20.6. The number of nitroso groups, excluding NO2 is 1. The predicted molar refractivity (Wildman–Crippen MR) is 45.5 cm³/mol. The molecule has 0 spiro atoms. The summed E-state index contributed by atoms with van der Waals surface area (Å²) in [5.74, 6) is -0.450. The summed E-state index contributed by atoms with van der Waals surface area (Å²) >= 11 is 0. The Labute approximate surface area is 73.9 Å². The quantitative estimate of drug-likeness (QED) is 0.567. The number of methoxy groups -OCH3 is 1. The number of aromatic hydroxyl groups is 1. The highest BCUT2D eigenvalue weighted by molar-refractivity contribution is 5.83. The average Bonchev–Trinajstić information content (AvgIpc) is 2.17. The first kappa shape index (κ1) is 9.18. The first-order chi connectivity index (χ1) is 6.24. The van der Waals surface area contributed by atoms with Gasteiger partial charge in [0.1, 0.15) is 0 Å². The Morgan fingerprint density at radius 1 is 1.54 bits per heavy atom. The van der Waals surface area contributed by atoms with E-state index in [-0.39, 0.29) is 22.7 Å². The number of benzene rings is 1. The second kappa shape index (κ2) is 3.66. The summed E-state index contributed by atoms with van der Waals surface area (Å²) in [5.41, 5.74) is 0.0230. The maximum absolute atomic E-state index is 10.4. The number of hydrogen-bond donors (Lipinski definition) is 1. The first-order valence-electron chi connectivity index (χ1n) is 3.43. The van der Waals surface area contributed by atoms with E-state index in [9.17, 15) is 14.8 Å². The minimum Gasteiger partial charge on any atom is -0.504 e. The van der Waals surface area contributed by atoms with Crippen LogP contribution >= 0.6 is 0 Å². The van der Waals surface area contributed by atoms with Gasteiger partial charge in [-0.15, -0.1) is 4.91 Å². The van der Waals surface area contributed by atoms with Crippen molar-refractivity contribution in [1.82, 2.24) is 0 Å². The van der Waals surface area contributed by atoms with Gasteiger partial charge in [0.25, 0.3) is 0 Å². The van der Waals surface area contributed by atoms with E-state index in [1.807, 2.05) is 0 Å². The molecular weight excluding hydrogens is 174 g/mol. The first-order valence-corrected chi connectivity index (χ1v) is 3.43. The molecule has 0 radical (unpaired) electrons. The second-order valence-electron chi connectivity index (χ2n) is 2.26. The third-order valence-corrected chi connectivity index (χ3v) is 1.57. The van der Waals surface area contributed by atoms with Crippen molar-refractivity contribution in [3.63, 3.8) is 0 Å². The van der Waals surface area contributed by atoms with E-state index in [2.05, 4.69) is 5.18 Å². The zero-order chi connectivity index (χ0) is 9.84. The molecule has 0 saturated heterocycles. The molecule has 1 N–H and O–H groups in total. The Kier molecular flexibility index (Phi) is 2.59. The van der Waals surface area contributed by atoms with Gasteiger partial charge in [-0.2, -0.15) is 0 Å². The molecule has 68 valence electrons. The number of phenols is 1. The number of carbonyl (C=O) groups excluding carboxylic acids is 1. The average molecular weight is 181 g/mol. The molecule has 0 heterocycles. The van der Waals surface area contributed by atoms with E-state index in [0.29, 0.717) is 6.29 Å². The van der Waals surface area contributed by atoms with Crippen molar-refractivity contribution in [2.75, 3.05) is 7.11 Å². The van der Waals surface area contributed by atoms with Crippen LogP contribution in [0.15, 0.2) is 17.3 Å². The van der Waals surface area contributed by atoms with Gasteiger partial charge < -0.3 is 9.84 Å². The Hall–Kier alpha value is -1.91. The molecule has 0 fully saturated rings. The third-order valence-electron chi connectivity index (χ3n) is 1.57. The Bertz CT molecular complexity index is 348. The molecule has 1 aromatic carbocycles. The maximum Gasteiger partial charge on any atom is 0.190 e. The molecule has 0 aliphatic heterocycles. The van der Waals surface area contributed by atoms with Crippen molar-refractivity contribution in [2.24, 2.45) is 5.18 Å². The molecule has 1 aromatic rings. The molecule has 0 aliphatic rings. The van der Waals surface area contributed by atoms with Crippen molar-refractivity contribution < 1.29 is 14.6 Å². The zero-order valence-electron chi connectivity index (χ0n) is 6.85. The van der Waals surface area contributed by atoms with E-state index >= 15 is 0 Å². The lowest BCUT2D eigenvalue weighted by Gasteiger charge is -2.05. The van der Waals surface area contributed by atoms with E-state index in [4.69, 9.17) is 4.74 Å². The Morgan fingerprint density at radius 2 is 2.23 bits per heavy atom. The standard InChI is InChI=1S/C8H7NO4/c1-13-8-6(9-12)3-2-5(4-10)7(8)11/h2-4,11H,1H3. The van der Waals surface area contributed by atoms with Crippen LogP contribution in [0.1, 0.15) is 10.4 Å². The lowest BCUT2D eigenvalue weighted by molar-refractivity contribution is 0.112. The fourth-order valence-electron chi connectivity index (χ4n) is 0.944. The van der Waals surface area contributed by atoms with E-state index < -0.39 is 0 Å². The minimum atomic E-state index is -0.366. The van der Waals surface area contributed by atoms with E-state index in [1.165, 1.54) is 19.2 Å². The molecule has 0 amide bonds. The van der Waals surface area contributed by atoms with Crippen LogP contribution < -0.4 is 4.74 Å². The van der Waals surface area contributed by atoms with Crippen LogP contribution in [0, 0.1) is 4.91 Å². The summed E-state index contributed by atoms with van der Waals surface area (Å²) in [7, 11) is 1.28. The predicted octanol–water partition coefficient (Wildman–Crippen LogP) is 1.61. The van der Waals surface area contributed by atoms with Crippen LogP contribution in [-0.2, 0) is 0 Å². The van der Waals surface area contributed by atoms with Gasteiger partial charge in [-0.05, 0) is 17.3 Å². The summed E-state index contributed by atoms with van der Waals surface area (Å²) in [5, 5.41) is 12.0. The molecule has 5 heteroatoms. The van der Waals surface area contributed by atoms with Gasteiger partial charge in [0.15, 0.2) is 23.5 Å². The minimum absolute atomic E-state index is 0.0365. The van der Waals surface area contributed by atoms with Crippen LogP contribution in [0.3, 0.4) is 0 Å². The summed E-state index contributed by atoms with van der Waals surface area (Å²) in [6.45, 7) is 0. The summed E-state index contributed by atoms with van der Waals surface area (Å²) in [6, 6.07) is 2.59. The molecule has 0 bridgehead atoms. The fraction of sp³-hybridized carbons (Fsp3) is 0.125. The molecule has 13 heavy (non-hydrogen) atoms. The monoisotopic (exact) mass is 181 g/mol. The van der Waals surface area contributed by atoms with Crippen molar-refractivity contribution in [2.45, 2.75) is 0 Å². The number of aldehydes is 1. The Balaban J connectivity index is 3.39. The smallest absolute Gasteiger partial charge is 0.190 e. The maximum atomic E-state index is 10.4. The van der Waals surface area contributed by atoms with E-state index in [1.54, 1.807) is 0 Å². The van der Waals surface area contributed by atoms with Crippen molar-refractivity contribution >= 4 is 12.0 Å². The van der Waals surface area contributed by atoms with Crippen LogP contribution in [0.2, 0.25) is 0 Å². The topological polar surface area (TPSA) is 76.0 Å². The highest BCUT2D eigenvalue weighted by Gasteiger charge is 2.12. The third kappa shape index (κ3) is 1.48. The summed E-state index contributed by atoms with van der Waals surface area (Å²) in [6.07, 6.45) is 0.465. The number of phenolic OH excluding ortho intramolecular Hbond substituents is 1. The van der Waals surface area contributed by atoms with Gasteiger partial charge in [0, 0.05) is 0 Å². The van der Waals surface area contributed by atoms with Gasteiger partial charge >= 0.3 is 0 Å². The number of ether oxygens (including phenoxy) is 1. The lowest BCUT2D eigenvalue weighted by Crippen LogP contribution is -1.88. The van der Waals surface area contributed by atoms with Gasteiger partial charge in [-0.3, -0.25) is 4.79 Å². The molecule has 0 aliphatic carbocycles. The molecule has 0 aromatic heterocycles. The van der Waals surface area contributed by atoms with Crippen molar-refractivity contribution in [3.05, 3.63) is 22.6 Å². The highest BCUT2D eigenvalue weighted by atomic mass is 16.5. The highest BCUT2D eigenvalue weighted by Crippen LogP contribution is 2.38. The Morgan fingerprint density at radius 3 is 2.69 bits per heavy atom. The molecular formula is C8H7NO4. The van der Waals surface area contributed by atoms with Gasteiger partial charge in [-0.25, -0.2) is 0 Å². The number of rotatable bonds is 3. The van der Waals surface area contributed by atoms with Crippen molar-refractivity contribution in [1.29, 1.82) is 0 Å². The van der Waals surface area contributed by atoms with Gasteiger partial charge in [-0.1, -0.05) is 0 Å². The zero-order valence-corrected chi connectivity index (χ0v) is 6.85. The molecule has 0 unspecified atom stereocenters. The molecule has 1 rings (SSSR count). The van der Waals surface area contributed by atoms with Crippen LogP contribution in [-0.4, -0.2) is 18.5 Å². The SMILES string of the molecule is COc1c(N=O)ccc(C=O)c1O. The van der Waals surface area contributed by atoms with Crippen molar-refractivity contribution in [3.8, 4) is 11.5 Å². The summed E-state index contributed by atoms with van der Waals surface area (Å²) < 4.78 is 4.71. The molecule has 0 atom stereocenters. The largest absolute Gasteiger partial charge is 0.504 e. The van der Waals surface area contributed by atoms with Gasteiger partial charge in [0.2, 0.25) is 0 Å². The van der Waals surface area contributed by atoms with Crippen LogP contribution in [0.25, 0.3) is 0 Å². The van der Waals surface area contributed by atoms with E-state index in [0.717, 1.165) is 0 Å². The van der Waals surface area contributed by atoms with Gasteiger partial charge in [0.05, 0.1) is 12.7 Å². The lowest BCUT2D eigenvalue weighted by atomic mass is 10.2. The number of hydrogen-bond acceptors (Lipinski definition) is 5. The fourth-order valence-corrected chi connectivity index (χ4v) is 0.944. The number of nitrogens with zero attached hydrogens (tertiary/aromatic N) is 1. The molecule has 5 nitrogen and oxygen atoms in total. The second-order valence-corrected chi connectivity index (χ2v) is 2.26. The van der Waals surface area contributed by atoms with Crippen LogP contribution in [0.4, 0.5) is 5.69 Å². The normalized spacial score (nSPS) is 9.31. The molecule has 0 saturated carbocycles. The number of carbonyl (C=O) groups is 1. The van der Waals surface area contributed by atoms with Crippen LogP contribution in [0.5, 0.6) is 11.5 Å².